The van der Waals surface area contributed by atoms with Gasteiger partial charge in [0.2, 0.25) is 0 Å². The lowest BCUT2D eigenvalue weighted by molar-refractivity contribution is 0.758. The largest absolute Gasteiger partial charge is 0.0985 e. The van der Waals surface area contributed by atoms with Gasteiger partial charge in [0.25, 0.3) is 0 Å². The van der Waals surface area contributed by atoms with Gasteiger partial charge in [-0.2, -0.15) is 0 Å². The Morgan fingerprint density at radius 3 is 2.87 bits per heavy atom. The normalized spacial score (nSPS) is 12.5. The Labute approximate surface area is 111 Å². The molecule has 0 aromatic heterocycles. The van der Waals surface area contributed by atoms with E-state index in [0.29, 0.717) is 0 Å². The number of benzene rings is 1. The van der Waals surface area contributed by atoms with E-state index in [1.165, 1.54) is 24.0 Å². The van der Waals surface area contributed by atoms with Gasteiger partial charge in [-0.1, -0.05) is 59.8 Å². The summed E-state index contributed by atoms with van der Waals surface area (Å²) in [5.41, 5.74) is 2.52. The summed E-state index contributed by atoms with van der Waals surface area (Å²) in [6.07, 6.45) is 5.42. The van der Waals surface area contributed by atoms with E-state index < -0.39 is 0 Å². The maximum atomic E-state index is 5.99. The van der Waals surface area contributed by atoms with Gasteiger partial charge in [0.1, 0.15) is 0 Å². The molecule has 0 aliphatic heterocycles. The van der Waals surface area contributed by atoms with Crippen molar-refractivity contribution in [2.45, 2.75) is 30.1 Å². The molecule has 1 aromatic rings. The average Bonchev–Trinajstić information content (AvgIpc) is 2.26. The summed E-state index contributed by atoms with van der Waals surface area (Å²) in [7, 11) is 0. The fraction of sp³-hybridized carbons (Fsp3) is 0.385. The van der Waals surface area contributed by atoms with Crippen LogP contribution in [0.3, 0.4) is 0 Å². The zero-order valence-corrected chi connectivity index (χ0v) is 11.9. The summed E-state index contributed by atoms with van der Waals surface area (Å²) in [4.78, 5) is 0. The number of hydrogen-bond donors (Lipinski definition) is 0. The molecule has 0 heterocycles. The minimum Gasteiger partial charge on any atom is -0.0985 e. The third-order valence-corrected chi connectivity index (χ3v) is 4.23. The Balaban J connectivity index is 2.74. The quantitative estimate of drug-likeness (QED) is 0.517. The van der Waals surface area contributed by atoms with Gasteiger partial charge in [0, 0.05) is 8.95 Å². The van der Waals surface area contributed by atoms with Gasteiger partial charge in [-0.3, -0.25) is 0 Å². The minimum absolute atomic E-state index is 0.749. The predicted molar refractivity (Wildman–Crippen MR) is 78.0 cm³/mol. The zero-order valence-electron chi connectivity index (χ0n) is 8.97. The third kappa shape index (κ3) is 4.15. The Morgan fingerprint density at radius 2 is 2.27 bits per heavy atom. The Bertz CT molecular complexity index is 333. The molecule has 1 unspecified atom stereocenters. The van der Waals surface area contributed by atoms with E-state index in [-0.39, 0.29) is 0 Å². The van der Waals surface area contributed by atoms with Gasteiger partial charge in [-0.25, -0.2) is 0 Å². The summed E-state index contributed by atoms with van der Waals surface area (Å²) in [6.45, 7) is 6.05. The number of alkyl halides is 1. The van der Waals surface area contributed by atoms with E-state index in [9.17, 15) is 0 Å². The van der Waals surface area contributed by atoms with E-state index in [2.05, 4.69) is 42.2 Å². The second-order valence-electron chi connectivity index (χ2n) is 3.59. The second kappa shape index (κ2) is 6.54. The van der Waals surface area contributed by atoms with Crippen molar-refractivity contribution in [2.75, 3.05) is 0 Å². The standard InChI is InChI=1S/C13H16ClI/c1-3-10-5-7-12(14)9-11(10)6-8-13(15)4-2/h3,5,7,9,13H,1,4,6,8H2,2H3. The predicted octanol–water partition coefficient (Wildman–Crippen LogP) is 5.13. The van der Waals surface area contributed by atoms with Gasteiger partial charge in [0.15, 0.2) is 0 Å². The van der Waals surface area contributed by atoms with Gasteiger partial charge >= 0.3 is 0 Å². The molecule has 0 radical (unpaired) electrons. The third-order valence-electron chi connectivity index (χ3n) is 2.49. The van der Waals surface area contributed by atoms with Crippen LogP contribution in [-0.2, 0) is 6.42 Å². The first kappa shape index (κ1) is 13.0. The lowest BCUT2D eigenvalue weighted by Crippen LogP contribution is -1.99. The van der Waals surface area contributed by atoms with E-state index in [0.717, 1.165) is 15.4 Å². The average molecular weight is 335 g/mol. The summed E-state index contributed by atoms with van der Waals surface area (Å²) >= 11 is 8.49. The number of aryl methyl sites for hydroxylation is 1. The van der Waals surface area contributed by atoms with Crippen LogP contribution in [0.4, 0.5) is 0 Å². The summed E-state index contributed by atoms with van der Waals surface area (Å²) in [5.74, 6) is 0. The fourth-order valence-electron chi connectivity index (χ4n) is 1.51. The topological polar surface area (TPSA) is 0 Å². The molecule has 1 rings (SSSR count). The molecule has 0 fully saturated rings. The first-order chi connectivity index (χ1) is 7.17. The van der Waals surface area contributed by atoms with Gasteiger partial charge in [-0.05, 0) is 42.5 Å². The van der Waals surface area contributed by atoms with Crippen molar-refractivity contribution in [3.8, 4) is 0 Å². The number of rotatable bonds is 5. The number of halogens is 2. The Hall–Kier alpha value is -0.0200. The molecular weight excluding hydrogens is 318 g/mol. The molecule has 0 aliphatic carbocycles. The molecule has 0 spiro atoms. The van der Waals surface area contributed by atoms with Crippen LogP contribution in [0.15, 0.2) is 24.8 Å². The van der Waals surface area contributed by atoms with Crippen LogP contribution in [0.25, 0.3) is 6.08 Å². The van der Waals surface area contributed by atoms with E-state index >= 15 is 0 Å². The molecular formula is C13H16ClI. The van der Waals surface area contributed by atoms with Crippen LogP contribution in [0.1, 0.15) is 30.9 Å². The van der Waals surface area contributed by atoms with Crippen LogP contribution in [0.2, 0.25) is 5.02 Å². The van der Waals surface area contributed by atoms with E-state index in [1.54, 1.807) is 0 Å². The highest BCUT2D eigenvalue weighted by Crippen LogP contribution is 2.21. The van der Waals surface area contributed by atoms with Crippen LogP contribution in [0.5, 0.6) is 0 Å². The van der Waals surface area contributed by atoms with Crippen molar-refractivity contribution >= 4 is 40.3 Å². The van der Waals surface area contributed by atoms with Crippen molar-refractivity contribution in [1.82, 2.24) is 0 Å². The van der Waals surface area contributed by atoms with E-state index in [4.69, 9.17) is 11.6 Å². The summed E-state index contributed by atoms with van der Waals surface area (Å²) in [5, 5.41) is 0.817. The van der Waals surface area contributed by atoms with Crippen molar-refractivity contribution in [3.63, 3.8) is 0 Å². The minimum atomic E-state index is 0.749. The molecule has 15 heavy (non-hydrogen) atoms. The SMILES string of the molecule is C=Cc1ccc(Cl)cc1CCC(I)CC. The first-order valence-corrected chi connectivity index (χ1v) is 6.84. The van der Waals surface area contributed by atoms with Crippen molar-refractivity contribution in [1.29, 1.82) is 0 Å². The number of hydrogen-bond acceptors (Lipinski definition) is 0. The van der Waals surface area contributed by atoms with Crippen LogP contribution in [-0.4, -0.2) is 3.92 Å². The maximum Gasteiger partial charge on any atom is 0.0409 e. The summed E-state index contributed by atoms with van der Waals surface area (Å²) in [6, 6.07) is 6.01. The van der Waals surface area contributed by atoms with E-state index in [1.807, 2.05) is 18.2 Å². The molecule has 0 saturated heterocycles. The monoisotopic (exact) mass is 334 g/mol. The zero-order chi connectivity index (χ0) is 11.3. The highest BCUT2D eigenvalue weighted by molar-refractivity contribution is 14.1. The first-order valence-electron chi connectivity index (χ1n) is 5.22. The maximum absolute atomic E-state index is 5.99. The lowest BCUT2D eigenvalue weighted by Gasteiger charge is -2.09. The van der Waals surface area contributed by atoms with Crippen LogP contribution in [0, 0.1) is 0 Å². The van der Waals surface area contributed by atoms with Crippen LogP contribution >= 0.6 is 34.2 Å². The molecule has 0 nitrogen and oxygen atoms in total. The molecule has 0 saturated carbocycles. The Kier molecular flexibility index (Phi) is 5.69. The summed E-state index contributed by atoms with van der Waals surface area (Å²) < 4.78 is 0.749. The second-order valence-corrected chi connectivity index (χ2v) is 5.79. The molecule has 1 atom stereocenters. The molecule has 1 aromatic carbocycles. The lowest BCUT2D eigenvalue weighted by atomic mass is 10.0. The molecule has 0 bridgehead atoms. The van der Waals surface area contributed by atoms with Crippen molar-refractivity contribution in [3.05, 3.63) is 40.9 Å². The molecule has 0 N–H and O–H groups in total. The van der Waals surface area contributed by atoms with Gasteiger partial charge < -0.3 is 0 Å². The molecule has 2 heteroatoms. The van der Waals surface area contributed by atoms with Gasteiger partial charge in [0.05, 0.1) is 0 Å². The molecule has 82 valence electrons. The van der Waals surface area contributed by atoms with Crippen molar-refractivity contribution in [2.24, 2.45) is 0 Å². The fourth-order valence-corrected chi connectivity index (χ4v) is 2.01. The van der Waals surface area contributed by atoms with Crippen LogP contribution < -0.4 is 0 Å². The Morgan fingerprint density at radius 1 is 1.53 bits per heavy atom. The molecule has 0 amide bonds. The van der Waals surface area contributed by atoms with Gasteiger partial charge in [-0.15, -0.1) is 0 Å². The highest BCUT2D eigenvalue weighted by atomic mass is 127. The smallest absolute Gasteiger partial charge is 0.0409 e. The molecule has 0 aliphatic rings. The van der Waals surface area contributed by atoms with Crippen molar-refractivity contribution < 1.29 is 0 Å². The highest BCUT2D eigenvalue weighted by Gasteiger charge is 2.04.